The molecule has 1 saturated carbocycles. The van der Waals surface area contributed by atoms with Crippen molar-refractivity contribution in [3.05, 3.63) is 64.8 Å². The normalized spacial score (nSPS) is 26.4. The Bertz CT molecular complexity index is 1100. The monoisotopic (exact) mass is 400 g/mol. The average molecular weight is 401 g/mol. The number of aromatic nitrogens is 1. The Morgan fingerprint density at radius 3 is 2.90 bits per heavy atom. The summed E-state index contributed by atoms with van der Waals surface area (Å²) in [7, 11) is 1.78. The number of H-pyrrole nitrogens is 1. The van der Waals surface area contributed by atoms with Crippen LogP contribution in [0, 0.1) is 18.8 Å². The van der Waals surface area contributed by atoms with Crippen molar-refractivity contribution >= 4 is 10.9 Å². The zero-order chi connectivity index (χ0) is 20.3. The van der Waals surface area contributed by atoms with Crippen molar-refractivity contribution in [2.24, 2.45) is 11.8 Å². The Balaban J connectivity index is 1.44. The van der Waals surface area contributed by atoms with Crippen molar-refractivity contribution in [2.45, 2.75) is 44.4 Å². The summed E-state index contributed by atoms with van der Waals surface area (Å²) in [5.41, 5.74) is 7.37. The number of hydrogen-bond acceptors (Lipinski definition) is 2. The summed E-state index contributed by atoms with van der Waals surface area (Å²) >= 11 is 0. The first-order valence-corrected chi connectivity index (χ1v) is 11.6. The van der Waals surface area contributed by atoms with E-state index in [2.05, 4.69) is 59.3 Å². The van der Waals surface area contributed by atoms with E-state index < -0.39 is 0 Å². The predicted molar refractivity (Wildman–Crippen MR) is 122 cm³/mol. The van der Waals surface area contributed by atoms with Crippen LogP contribution in [0.25, 0.3) is 10.9 Å². The number of benzene rings is 2. The number of aryl methyl sites for hydroxylation is 1. The Morgan fingerprint density at radius 1 is 1.17 bits per heavy atom. The first-order valence-electron chi connectivity index (χ1n) is 11.6. The maximum Gasteiger partial charge on any atom is 0.119 e. The zero-order valence-corrected chi connectivity index (χ0v) is 18.2. The maximum atomic E-state index is 5.62. The van der Waals surface area contributed by atoms with Crippen LogP contribution in [0.5, 0.6) is 5.75 Å². The van der Waals surface area contributed by atoms with E-state index in [1.165, 1.54) is 73.0 Å². The number of nitrogens with zero attached hydrogens (tertiary/aromatic N) is 1. The third-order valence-electron chi connectivity index (χ3n) is 8.08. The molecule has 2 aromatic carbocycles. The lowest BCUT2D eigenvalue weighted by molar-refractivity contribution is 0.0783. The van der Waals surface area contributed by atoms with Crippen LogP contribution in [0.4, 0.5) is 0 Å². The standard InChI is InChI=1S/C27H32N2O/c1-18-6-9-25-23(12-18)24-14-21-17-29(16-19-7-8-19)11-10-27(21,15-26(24)28-25)20-4-3-5-22(13-20)30-2/h3-6,9,12-13,19,21,28H,7-8,10-11,14-17H2,1-2H3/t21?,27-/m0/s1. The summed E-state index contributed by atoms with van der Waals surface area (Å²) in [4.78, 5) is 6.58. The number of aromatic amines is 1. The van der Waals surface area contributed by atoms with Crippen molar-refractivity contribution in [1.29, 1.82) is 0 Å². The van der Waals surface area contributed by atoms with Gasteiger partial charge in [0.05, 0.1) is 7.11 Å². The molecule has 1 unspecified atom stereocenters. The number of likely N-dealkylation sites (tertiary alicyclic amines) is 1. The molecule has 3 aliphatic rings. The smallest absolute Gasteiger partial charge is 0.119 e. The van der Waals surface area contributed by atoms with E-state index in [-0.39, 0.29) is 5.41 Å². The first kappa shape index (κ1) is 18.5. The summed E-state index contributed by atoms with van der Waals surface area (Å²) in [5, 5.41) is 1.45. The van der Waals surface area contributed by atoms with E-state index in [0.29, 0.717) is 5.92 Å². The Labute approximate surface area is 179 Å². The molecule has 0 spiro atoms. The van der Waals surface area contributed by atoms with Gasteiger partial charge in [0.2, 0.25) is 0 Å². The highest BCUT2D eigenvalue weighted by atomic mass is 16.5. The van der Waals surface area contributed by atoms with E-state index >= 15 is 0 Å². The van der Waals surface area contributed by atoms with Crippen LogP contribution in [-0.4, -0.2) is 36.6 Å². The summed E-state index contributed by atoms with van der Waals surface area (Å²) < 4.78 is 5.62. The molecule has 30 heavy (non-hydrogen) atoms. The van der Waals surface area contributed by atoms with Crippen LogP contribution in [-0.2, 0) is 18.3 Å². The minimum Gasteiger partial charge on any atom is -0.497 e. The average Bonchev–Trinajstić information content (AvgIpc) is 3.52. The minimum atomic E-state index is 0.206. The van der Waals surface area contributed by atoms with E-state index in [1.54, 1.807) is 12.7 Å². The third-order valence-corrected chi connectivity index (χ3v) is 8.08. The Hall–Kier alpha value is -2.26. The lowest BCUT2D eigenvalue weighted by Crippen LogP contribution is -2.54. The molecule has 6 rings (SSSR count). The first-order chi connectivity index (χ1) is 14.6. The number of rotatable bonds is 4. The van der Waals surface area contributed by atoms with Crippen molar-refractivity contribution in [3.63, 3.8) is 0 Å². The highest BCUT2D eigenvalue weighted by Gasteiger charge is 2.48. The molecule has 1 N–H and O–H groups in total. The molecule has 1 aliphatic heterocycles. The molecular formula is C27H32N2O. The summed E-state index contributed by atoms with van der Waals surface area (Å²) in [6, 6.07) is 15.8. The SMILES string of the molecule is COc1cccc([C@@]23CCN(CC4CC4)CC2Cc2c([nH]c4ccc(C)cc24)C3)c1. The van der Waals surface area contributed by atoms with Gasteiger partial charge in [-0.3, -0.25) is 0 Å². The second-order valence-electron chi connectivity index (χ2n) is 10.1. The quantitative estimate of drug-likeness (QED) is 0.648. The summed E-state index contributed by atoms with van der Waals surface area (Å²) in [6.07, 6.45) is 6.41. The van der Waals surface area contributed by atoms with Crippen LogP contribution in [0.3, 0.4) is 0 Å². The molecule has 156 valence electrons. The Kier molecular flexibility index (Phi) is 4.24. The van der Waals surface area contributed by atoms with E-state index in [1.807, 2.05) is 0 Å². The van der Waals surface area contributed by atoms with Gasteiger partial charge in [-0.2, -0.15) is 0 Å². The van der Waals surface area contributed by atoms with Gasteiger partial charge in [-0.15, -0.1) is 0 Å². The van der Waals surface area contributed by atoms with E-state index in [0.717, 1.165) is 18.1 Å². The van der Waals surface area contributed by atoms with Crippen LogP contribution >= 0.6 is 0 Å². The zero-order valence-electron chi connectivity index (χ0n) is 18.2. The molecule has 2 fully saturated rings. The number of hydrogen-bond donors (Lipinski definition) is 1. The van der Waals surface area contributed by atoms with Crippen molar-refractivity contribution in [2.75, 3.05) is 26.7 Å². The number of ether oxygens (including phenoxy) is 1. The van der Waals surface area contributed by atoms with E-state index in [4.69, 9.17) is 4.74 Å². The van der Waals surface area contributed by atoms with Crippen molar-refractivity contribution < 1.29 is 4.74 Å². The molecule has 1 saturated heterocycles. The molecule has 3 heteroatoms. The molecule has 0 amide bonds. The van der Waals surface area contributed by atoms with Gasteiger partial charge >= 0.3 is 0 Å². The molecule has 2 heterocycles. The molecule has 3 nitrogen and oxygen atoms in total. The van der Waals surface area contributed by atoms with Crippen LogP contribution in [0.1, 0.15) is 41.6 Å². The van der Waals surface area contributed by atoms with E-state index in [9.17, 15) is 0 Å². The number of fused-ring (bicyclic) bond motifs is 4. The topological polar surface area (TPSA) is 28.3 Å². The van der Waals surface area contributed by atoms with Gasteiger partial charge < -0.3 is 14.6 Å². The van der Waals surface area contributed by atoms with Crippen LogP contribution < -0.4 is 4.74 Å². The van der Waals surface area contributed by atoms with Crippen molar-refractivity contribution in [3.8, 4) is 5.75 Å². The minimum absolute atomic E-state index is 0.206. The number of methoxy groups -OCH3 is 1. The highest BCUT2D eigenvalue weighted by molar-refractivity contribution is 5.86. The molecule has 0 radical (unpaired) electrons. The fourth-order valence-corrected chi connectivity index (χ4v) is 6.24. The van der Waals surface area contributed by atoms with Gasteiger partial charge in [-0.25, -0.2) is 0 Å². The lowest BCUT2D eigenvalue weighted by Gasteiger charge is -2.51. The van der Waals surface area contributed by atoms with Crippen LogP contribution in [0.15, 0.2) is 42.5 Å². The molecular weight excluding hydrogens is 368 g/mol. The van der Waals surface area contributed by atoms with Gasteiger partial charge in [0.25, 0.3) is 0 Å². The summed E-state index contributed by atoms with van der Waals surface area (Å²) in [5.74, 6) is 2.60. The summed E-state index contributed by atoms with van der Waals surface area (Å²) in [6.45, 7) is 5.97. The van der Waals surface area contributed by atoms with Crippen LogP contribution in [0.2, 0.25) is 0 Å². The lowest BCUT2D eigenvalue weighted by atomic mass is 9.58. The molecule has 2 aliphatic carbocycles. The fraction of sp³-hybridized carbons (Fsp3) is 0.481. The second kappa shape index (κ2) is 6.88. The third kappa shape index (κ3) is 2.98. The van der Waals surface area contributed by atoms with Gasteiger partial charge in [0.1, 0.15) is 5.75 Å². The number of piperidine rings is 1. The van der Waals surface area contributed by atoms with Gasteiger partial charge in [0.15, 0.2) is 0 Å². The molecule has 1 aromatic heterocycles. The molecule has 0 bridgehead atoms. The second-order valence-corrected chi connectivity index (χ2v) is 10.1. The number of nitrogens with one attached hydrogen (secondary N) is 1. The highest BCUT2D eigenvalue weighted by Crippen LogP contribution is 2.50. The van der Waals surface area contributed by atoms with Gasteiger partial charge in [0, 0.05) is 35.1 Å². The maximum absolute atomic E-state index is 5.62. The molecule has 2 atom stereocenters. The molecule has 3 aromatic rings. The Morgan fingerprint density at radius 2 is 2.07 bits per heavy atom. The fourth-order valence-electron chi connectivity index (χ4n) is 6.24. The predicted octanol–water partition coefficient (Wildman–Crippen LogP) is 5.25. The largest absolute Gasteiger partial charge is 0.497 e. The van der Waals surface area contributed by atoms with Gasteiger partial charge in [-0.05, 0) is 92.8 Å². The van der Waals surface area contributed by atoms with Crippen molar-refractivity contribution in [1.82, 2.24) is 9.88 Å². The van der Waals surface area contributed by atoms with Gasteiger partial charge in [-0.1, -0.05) is 23.8 Å².